The number of esters is 1. The Morgan fingerprint density at radius 2 is 1.83 bits per heavy atom. The first-order chi connectivity index (χ1) is 14.2. The van der Waals surface area contributed by atoms with Crippen molar-refractivity contribution in [1.82, 2.24) is 4.98 Å². The Labute approximate surface area is 169 Å². The molecule has 0 fully saturated rings. The van der Waals surface area contributed by atoms with E-state index in [4.69, 9.17) is 4.74 Å². The van der Waals surface area contributed by atoms with Crippen molar-refractivity contribution in [2.75, 3.05) is 23.9 Å². The molecule has 0 unspecified atom stereocenters. The Morgan fingerprint density at radius 3 is 2.62 bits per heavy atom. The fourth-order valence-corrected chi connectivity index (χ4v) is 3.49. The van der Waals surface area contributed by atoms with Gasteiger partial charge in [-0.25, -0.2) is 9.78 Å². The van der Waals surface area contributed by atoms with E-state index >= 15 is 0 Å². The van der Waals surface area contributed by atoms with Gasteiger partial charge in [-0.3, -0.25) is 4.79 Å². The van der Waals surface area contributed by atoms with E-state index in [0.29, 0.717) is 23.5 Å². The van der Waals surface area contributed by atoms with Crippen molar-refractivity contribution in [3.63, 3.8) is 0 Å². The van der Waals surface area contributed by atoms with Crippen LogP contribution in [0.15, 0.2) is 66.9 Å². The number of aromatic nitrogens is 1. The van der Waals surface area contributed by atoms with Gasteiger partial charge in [0.1, 0.15) is 5.82 Å². The highest BCUT2D eigenvalue weighted by molar-refractivity contribution is 6.07. The van der Waals surface area contributed by atoms with Crippen molar-refractivity contribution in [3.8, 4) is 0 Å². The molecule has 0 spiro atoms. The van der Waals surface area contributed by atoms with Crippen LogP contribution in [0.25, 0.3) is 0 Å². The number of benzene rings is 2. The second-order valence-electron chi connectivity index (χ2n) is 6.81. The lowest BCUT2D eigenvalue weighted by atomic mass is 10.0. The normalized spacial score (nSPS) is 12.8. The summed E-state index contributed by atoms with van der Waals surface area (Å²) < 4.78 is 4.71. The van der Waals surface area contributed by atoms with Gasteiger partial charge < -0.3 is 15.0 Å². The number of carbonyl (C=O) groups excluding carboxylic acids is 2. The first-order valence-corrected chi connectivity index (χ1v) is 9.47. The molecule has 0 atom stereocenters. The molecule has 1 N–H and O–H groups in total. The lowest BCUT2D eigenvalue weighted by Crippen LogP contribution is -2.35. The smallest absolute Gasteiger partial charge is 0.337 e. The number of hydrogen-bond acceptors (Lipinski definition) is 5. The van der Waals surface area contributed by atoms with Gasteiger partial charge in [0.05, 0.1) is 12.7 Å². The van der Waals surface area contributed by atoms with Crippen molar-refractivity contribution in [2.24, 2.45) is 0 Å². The summed E-state index contributed by atoms with van der Waals surface area (Å²) in [6.07, 6.45) is 3.56. The number of nitrogens with zero attached hydrogens (tertiary/aromatic N) is 2. The number of rotatable bonds is 4. The topological polar surface area (TPSA) is 71.5 Å². The molecule has 2 heterocycles. The lowest BCUT2D eigenvalue weighted by molar-refractivity contribution is 0.0600. The van der Waals surface area contributed by atoms with E-state index < -0.39 is 0 Å². The molecular formula is C23H21N3O3. The maximum absolute atomic E-state index is 13.1. The number of anilines is 3. The van der Waals surface area contributed by atoms with E-state index in [9.17, 15) is 9.59 Å². The maximum atomic E-state index is 13.1. The Morgan fingerprint density at radius 1 is 1.03 bits per heavy atom. The predicted molar refractivity (Wildman–Crippen MR) is 112 cm³/mol. The van der Waals surface area contributed by atoms with Crippen molar-refractivity contribution >= 4 is 29.1 Å². The van der Waals surface area contributed by atoms with E-state index in [1.54, 1.807) is 42.6 Å². The average molecular weight is 387 g/mol. The van der Waals surface area contributed by atoms with E-state index in [1.807, 2.05) is 23.1 Å². The van der Waals surface area contributed by atoms with Gasteiger partial charge in [-0.1, -0.05) is 18.2 Å². The molecule has 0 aliphatic carbocycles. The molecule has 3 aromatic rings. The Balaban J connectivity index is 1.53. The highest BCUT2D eigenvalue weighted by Gasteiger charge is 2.23. The number of nitrogens with one attached hydrogen (secondary N) is 1. The van der Waals surface area contributed by atoms with Gasteiger partial charge in [0, 0.05) is 29.7 Å². The zero-order valence-corrected chi connectivity index (χ0v) is 16.1. The van der Waals surface area contributed by atoms with E-state index in [1.165, 1.54) is 12.7 Å². The fraction of sp³-hybridized carbons (Fsp3) is 0.174. The zero-order chi connectivity index (χ0) is 20.2. The monoisotopic (exact) mass is 387 g/mol. The molecule has 29 heavy (non-hydrogen) atoms. The Kier molecular flexibility index (Phi) is 5.24. The summed E-state index contributed by atoms with van der Waals surface area (Å²) >= 11 is 0. The molecule has 146 valence electrons. The molecule has 4 rings (SSSR count). The quantitative estimate of drug-likeness (QED) is 0.679. The molecular weight excluding hydrogens is 366 g/mol. The third-order valence-electron chi connectivity index (χ3n) is 4.94. The van der Waals surface area contributed by atoms with E-state index in [-0.39, 0.29) is 11.9 Å². The first kappa shape index (κ1) is 18.7. The van der Waals surface area contributed by atoms with Gasteiger partial charge in [-0.15, -0.1) is 0 Å². The predicted octanol–water partition coefficient (Wildman–Crippen LogP) is 4.20. The molecule has 0 saturated carbocycles. The van der Waals surface area contributed by atoms with Crippen LogP contribution in [0.1, 0.15) is 32.7 Å². The third-order valence-corrected chi connectivity index (χ3v) is 4.94. The molecule has 1 aliphatic rings. The maximum Gasteiger partial charge on any atom is 0.337 e. The standard InChI is InChI=1S/C23H21N3O3/c1-29-23(28)17-8-10-19(11-9-17)25-21-15-18(12-13-24-21)22(27)26-14-4-6-16-5-2-3-7-20(16)26/h2-3,5,7-13,15H,4,6,14H2,1H3,(H,24,25). The van der Waals surface area contributed by atoms with Crippen molar-refractivity contribution < 1.29 is 14.3 Å². The van der Waals surface area contributed by atoms with Crippen LogP contribution in [0.3, 0.4) is 0 Å². The molecule has 1 amide bonds. The number of aryl methyl sites for hydroxylation is 1. The average Bonchev–Trinajstić information content (AvgIpc) is 2.78. The summed E-state index contributed by atoms with van der Waals surface area (Å²) in [5, 5.41) is 3.17. The van der Waals surface area contributed by atoms with Crippen LogP contribution in [0.2, 0.25) is 0 Å². The van der Waals surface area contributed by atoms with Crippen LogP contribution in [0.5, 0.6) is 0 Å². The third kappa shape index (κ3) is 3.96. The zero-order valence-electron chi connectivity index (χ0n) is 16.1. The number of pyridine rings is 1. The number of ether oxygens (including phenoxy) is 1. The van der Waals surface area contributed by atoms with Crippen LogP contribution >= 0.6 is 0 Å². The van der Waals surface area contributed by atoms with Gasteiger partial charge in [-0.2, -0.15) is 0 Å². The minimum atomic E-state index is -0.385. The SMILES string of the molecule is COC(=O)c1ccc(Nc2cc(C(=O)N3CCCc4ccccc43)ccn2)cc1. The summed E-state index contributed by atoms with van der Waals surface area (Å²) in [7, 11) is 1.35. The largest absolute Gasteiger partial charge is 0.465 e. The number of methoxy groups -OCH3 is 1. The fourth-order valence-electron chi connectivity index (χ4n) is 3.49. The summed E-state index contributed by atoms with van der Waals surface area (Å²) in [5.74, 6) is 0.139. The molecule has 0 radical (unpaired) electrons. The summed E-state index contributed by atoms with van der Waals surface area (Å²) in [6.45, 7) is 0.704. The highest BCUT2D eigenvalue weighted by Crippen LogP contribution is 2.28. The summed E-state index contributed by atoms with van der Waals surface area (Å²) in [4.78, 5) is 30.8. The number of hydrogen-bond donors (Lipinski definition) is 1. The molecule has 1 aliphatic heterocycles. The number of fused-ring (bicyclic) bond motifs is 1. The minimum Gasteiger partial charge on any atom is -0.465 e. The lowest BCUT2D eigenvalue weighted by Gasteiger charge is -2.29. The van der Waals surface area contributed by atoms with Gasteiger partial charge in [0.2, 0.25) is 0 Å². The molecule has 1 aromatic heterocycles. The molecule has 0 bridgehead atoms. The van der Waals surface area contributed by atoms with Crippen LogP contribution in [-0.2, 0) is 11.2 Å². The first-order valence-electron chi connectivity index (χ1n) is 9.47. The van der Waals surface area contributed by atoms with Crippen LogP contribution in [-0.4, -0.2) is 30.5 Å². The van der Waals surface area contributed by atoms with E-state index in [2.05, 4.69) is 16.4 Å². The van der Waals surface area contributed by atoms with Crippen LogP contribution in [0, 0.1) is 0 Å². The van der Waals surface area contributed by atoms with Gasteiger partial charge >= 0.3 is 5.97 Å². The number of amides is 1. The van der Waals surface area contributed by atoms with Crippen molar-refractivity contribution in [2.45, 2.75) is 12.8 Å². The van der Waals surface area contributed by atoms with Crippen molar-refractivity contribution in [3.05, 3.63) is 83.6 Å². The van der Waals surface area contributed by atoms with Crippen LogP contribution < -0.4 is 10.2 Å². The number of carbonyl (C=O) groups is 2. The second kappa shape index (κ2) is 8.14. The van der Waals surface area contributed by atoms with Crippen LogP contribution in [0.4, 0.5) is 17.2 Å². The van der Waals surface area contributed by atoms with Gasteiger partial charge in [-0.05, 0) is 60.9 Å². The molecule has 0 saturated heterocycles. The summed E-state index contributed by atoms with van der Waals surface area (Å²) in [6, 6.07) is 18.4. The Bertz CT molecular complexity index is 1050. The summed E-state index contributed by atoms with van der Waals surface area (Å²) in [5.41, 5.74) is 3.99. The van der Waals surface area contributed by atoms with Gasteiger partial charge in [0.25, 0.3) is 5.91 Å². The minimum absolute atomic E-state index is 0.0383. The van der Waals surface area contributed by atoms with E-state index in [0.717, 1.165) is 24.2 Å². The molecule has 6 heteroatoms. The Hall–Kier alpha value is -3.67. The number of para-hydroxylation sites is 1. The highest BCUT2D eigenvalue weighted by atomic mass is 16.5. The second-order valence-corrected chi connectivity index (χ2v) is 6.81. The van der Waals surface area contributed by atoms with Crippen molar-refractivity contribution in [1.29, 1.82) is 0 Å². The van der Waals surface area contributed by atoms with Gasteiger partial charge in [0.15, 0.2) is 0 Å². The molecule has 6 nitrogen and oxygen atoms in total. The molecule has 2 aromatic carbocycles.